The number of aliphatic hydroxyl groups excluding tert-OH is 1. The van der Waals surface area contributed by atoms with Crippen LogP contribution in [0.3, 0.4) is 0 Å². The first-order valence-electron chi connectivity index (χ1n) is 9.98. The Hall–Kier alpha value is -3.57. The van der Waals surface area contributed by atoms with Crippen molar-refractivity contribution in [2.75, 3.05) is 20.3 Å². The number of hydrogen-bond acceptors (Lipinski definition) is 3. The number of methoxy groups -OCH3 is 1. The number of carbonyl (C=O) groups is 1. The van der Waals surface area contributed by atoms with Crippen molar-refractivity contribution in [1.82, 2.24) is 9.88 Å². The van der Waals surface area contributed by atoms with Gasteiger partial charge in [0.05, 0.1) is 25.5 Å². The third-order valence-electron chi connectivity index (χ3n) is 5.78. The molecule has 5 nitrogen and oxygen atoms in total. The summed E-state index contributed by atoms with van der Waals surface area (Å²) in [6.07, 6.45) is 0. The standard InChI is InChI=1S/C25H22N2O3/c1-30-17-8-6-7-16(15-17)23-22(20-11-4-5-12-21(20)26-23)24-18-9-2-3-10-19(18)25(29)27(24)13-14-28/h2-12,15,24,26,28H,13-14H2,1H3/t24-/m0/s1. The smallest absolute Gasteiger partial charge is 0.255 e. The van der Waals surface area contributed by atoms with Gasteiger partial charge in [0.25, 0.3) is 5.91 Å². The van der Waals surface area contributed by atoms with Crippen molar-refractivity contribution in [1.29, 1.82) is 0 Å². The number of aromatic amines is 1. The van der Waals surface area contributed by atoms with Gasteiger partial charge in [0.2, 0.25) is 0 Å². The summed E-state index contributed by atoms with van der Waals surface area (Å²) in [5.74, 6) is 0.721. The van der Waals surface area contributed by atoms with E-state index in [0.717, 1.165) is 39.0 Å². The van der Waals surface area contributed by atoms with Crippen molar-refractivity contribution in [3.8, 4) is 17.0 Å². The monoisotopic (exact) mass is 398 g/mol. The fourth-order valence-corrected chi connectivity index (χ4v) is 4.47. The summed E-state index contributed by atoms with van der Waals surface area (Å²) in [6.45, 7) is 0.183. The minimum absolute atomic E-state index is 0.0495. The van der Waals surface area contributed by atoms with Crippen LogP contribution in [0, 0.1) is 0 Å². The molecule has 1 amide bonds. The van der Waals surface area contributed by atoms with Crippen LogP contribution < -0.4 is 4.74 Å². The molecule has 3 aromatic carbocycles. The molecule has 1 aliphatic heterocycles. The number of aromatic nitrogens is 1. The van der Waals surface area contributed by atoms with Crippen LogP contribution in [-0.4, -0.2) is 41.2 Å². The van der Waals surface area contributed by atoms with Gasteiger partial charge in [0, 0.05) is 34.1 Å². The molecule has 5 rings (SSSR count). The largest absolute Gasteiger partial charge is 0.497 e. The fraction of sp³-hybridized carbons (Fsp3) is 0.160. The van der Waals surface area contributed by atoms with E-state index in [0.29, 0.717) is 5.56 Å². The van der Waals surface area contributed by atoms with E-state index < -0.39 is 0 Å². The van der Waals surface area contributed by atoms with Crippen LogP contribution in [0.25, 0.3) is 22.2 Å². The van der Waals surface area contributed by atoms with E-state index >= 15 is 0 Å². The maximum Gasteiger partial charge on any atom is 0.255 e. The van der Waals surface area contributed by atoms with Gasteiger partial charge in [-0.25, -0.2) is 0 Å². The van der Waals surface area contributed by atoms with E-state index in [1.807, 2.05) is 66.7 Å². The molecule has 2 N–H and O–H groups in total. The predicted octanol–water partition coefficient (Wildman–Crippen LogP) is 4.38. The van der Waals surface area contributed by atoms with Crippen LogP contribution in [0.4, 0.5) is 0 Å². The summed E-state index contributed by atoms with van der Waals surface area (Å²) < 4.78 is 5.44. The van der Waals surface area contributed by atoms with E-state index in [9.17, 15) is 9.90 Å². The predicted molar refractivity (Wildman–Crippen MR) is 117 cm³/mol. The molecule has 0 spiro atoms. The lowest BCUT2D eigenvalue weighted by Gasteiger charge is -2.26. The number of rotatable bonds is 5. The van der Waals surface area contributed by atoms with Crippen molar-refractivity contribution in [3.63, 3.8) is 0 Å². The average Bonchev–Trinajstić information content (AvgIpc) is 3.30. The van der Waals surface area contributed by atoms with Gasteiger partial charge in [0.1, 0.15) is 5.75 Å². The first-order chi connectivity index (χ1) is 14.7. The molecule has 1 aliphatic rings. The van der Waals surface area contributed by atoms with Crippen LogP contribution in [-0.2, 0) is 0 Å². The maximum absolute atomic E-state index is 13.2. The molecule has 0 aliphatic carbocycles. The molecule has 0 radical (unpaired) electrons. The second kappa shape index (κ2) is 7.35. The maximum atomic E-state index is 13.2. The number of fused-ring (bicyclic) bond motifs is 2. The Morgan fingerprint density at radius 2 is 1.83 bits per heavy atom. The van der Waals surface area contributed by atoms with Crippen molar-refractivity contribution >= 4 is 16.8 Å². The number of nitrogens with zero attached hydrogens (tertiary/aromatic N) is 1. The van der Waals surface area contributed by atoms with Crippen LogP contribution in [0.15, 0.2) is 72.8 Å². The Labute approximate surface area is 174 Å². The Morgan fingerprint density at radius 3 is 2.67 bits per heavy atom. The van der Waals surface area contributed by atoms with Crippen molar-refractivity contribution < 1.29 is 14.6 Å². The fourth-order valence-electron chi connectivity index (χ4n) is 4.47. The summed E-state index contributed by atoms with van der Waals surface area (Å²) in [7, 11) is 1.65. The summed E-state index contributed by atoms with van der Waals surface area (Å²) >= 11 is 0. The molecule has 1 aromatic heterocycles. The Kier molecular flexibility index (Phi) is 4.52. The van der Waals surface area contributed by atoms with Gasteiger partial charge in [-0.05, 0) is 29.8 Å². The topological polar surface area (TPSA) is 65.6 Å². The van der Waals surface area contributed by atoms with Crippen LogP contribution >= 0.6 is 0 Å². The lowest BCUT2D eigenvalue weighted by Crippen LogP contribution is -2.31. The van der Waals surface area contributed by atoms with Gasteiger partial charge in [-0.1, -0.05) is 48.5 Å². The van der Waals surface area contributed by atoms with Gasteiger partial charge in [-0.15, -0.1) is 0 Å². The van der Waals surface area contributed by atoms with Crippen LogP contribution in [0.5, 0.6) is 5.75 Å². The molecular weight excluding hydrogens is 376 g/mol. The number of hydrogen-bond donors (Lipinski definition) is 2. The number of carbonyl (C=O) groups excluding carboxylic acids is 1. The quantitative estimate of drug-likeness (QED) is 0.524. The van der Waals surface area contributed by atoms with Gasteiger partial charge < -0.3 is 19.7 Å². The first kappa shape index (κ1) is 18.5. The summed E-state index contributed by atoms with van der Waals surface area (Å²) in [4.78, 5) is 18.5. The normalized spacial score (nSPS) is 15.6. The highest BCUT2D eigenvalue weighted by atomic mass is 16.5. The van der Waals surface area contributed by atoms with Crippen molar-refractivity contribution in [2.45, 2.75) is 6.04 Å². The number of benzene rings is 3. The molecule has 30 heavy (non-hydrogen) atoms. The second-order valence-electron chi connectivity index (χ2n) is 7.40. The Bertz CT molecular complexity index is 1240. The van der Waals surface area contributed by atoms with Gasteiger partial charge in [-0.2, -0.15) is 0 Å². The van der Waals surface area contributed by atoms with E-state index in [1.54, 1.807) is 12.0 Å². The Morgan fingerprint density at radius 1 is 1.03 bits per heavy atom. The van der Waals surface area contributed by atoms with Gasteiger partial charge in [0.15, 0.2) is 0 Å². The zero-order chi connectivity index (χ0) is 20.7. The number of para-hydroxylation sites is 1. The second-order valence-corrected chi connectivity index (χ2v) is 7.40. The highest BCUT2D eigenvalue weighted by Gasteiger charge is 2.39. The average molecular weight is 398 g/mol. The lowest BCUT2D eigenvalue weighted by molar-refractivity contribution is 0.0713. The molecule has 4 aromatic rings. The number of amides is 1. The number of aliphatic hydroxyl groups is 1. The number of nitrogens with one attached hydrogen (secondary N) is 1. The van der Waals surface area contributed by atoms with Crippen LogP contribution in [0.2, 0.25) is 0 Å². The SMILES string of the molecule is COc1cccc(-c2[nH]c3ccccc3c2[C@@H]2c3ccccc3C(=O)N2CCO)c1. The minimum Gasteiger partial charge on any atom is -0.497 e. The molecular formula is C25H22N2O3. The van der Waals surface area contributed by atoms with Crippen LogP contribution in [0.1, 0.15) is 27.5 Å². The van der Waals surface area contributed by atoms with E-state index in [2.05, 4.69) is 11.1 Å². The lowest BCUT2D eigenvalue weighted by atomic mass is 9.93. The molecule has 2 heterocycles. The van der Waals surface area contributed by atoms with E-state index in [4.69, 9.17) is 4.74 Å². The molecule has 0 bridgehead atoms. The van der Waals surface area contributed by atoms with Crippen molar-refractivity contribution in [3.05, 3.63) is 89.5 Å². The highest BCUT2D eigenvalue weighted by molar-refractivity contribution is 6.02. The first-order valence-corrected chi connectivity index (χ1v) is 9.98. The van der Waals surface area contributed by atoms with Gasteiger partial charge in [-0.3, -0.25) is 4.79 Å². The number of β-amino-alcohol motifs (C(OH)–C–C–N with tert-alkyl or cyclic N) is 1. The molecule has 5 heteroatoms. The summed E-state index contributed by atoms with van der Waals surface area (Å²) in [6, 6.07) is 23.5. The third-order valence-corrected chi connectivity index (χ3v) is 5.78. The third kappa shape index (κ3) is 2.78. The van der Waals surface area contributed by atoms with E-state index in [-0.39, 0.29) is 25.1 Å². The van der Waals surface area contributed by atoms with E-state index in [1.165, 1.54) is 0 Å². The number of ether oxygens (including phenoxy) is 1. The molecule has 0 fully saturated rings. The van der Waals surface area contributed by atoms with Crippen molar-refractivity contribution in [2.24, 2.45) is 0 Å². The summed E-state index contributed by atoms with van der Waals surface area (Å²) in [5, 5.41) is 10.8. The minimum atomic E-state index is -0.279. The Balaban J connectivity index is 1.80. The summed E-state index contributed by atoms with van der Waals surface area (Å²) in [5.41, 5.74) is 5.63. The molecule has 0 saturated carbocycles. The highest BCUT2D eigenvalue weighted by Crippen LogP contribution is 2.45. The molecule has 1 atom stereocenters. The molecule has 0 unspecified atom stereocenters. The zero-order valence-corrected chi connectivity index (χ0v) is 16.6. The zero-order valence-electron chi connectivity index (χ0n) is 16.6. The molecule has 150 valence electrons. The molecule has 0 saturated heterocycles. The number of H-pyrrole nitrogens is 1. The van der Waals surface area contributed by atoms with Gasteiger partial charge >= 0.3 is 0 Å².